The van der Waals surface area contributed by atoms with Crippen molar-refractivity contribution in [3.05, 3.63) is 54.2 Å². The van der Waals surface area contributed by atoms with Crippen LogP contribution < -0.4 is 20.1 Å². The van der Waals surface area contributed by atoms with Crippen molar-refractivity contribution in [1.29, 1.82) is 0 Å². The fourth-order valence-corrected chi connectivity index (χ4v) is 5.04. The van der Waals surface area contributed by atoms with Gasteiger partial charge in [-0.25, -0.2) is 19.7 Å². The Balaban J connectivity index is 1.71. The van der Waals surface area contributed by atoms with Gasteiger partial charge in [0.15, 0.2) is 5.03 Å². The summed E-state index contributed by atoms with van der Waals surface area (Å²) >= 11 is 0. The molecule has 13 heteroatoms. The molecule has 1 fully saturated rings. The van der Waals surface area contributed by atoms with Crippen LogP contribution in [0.1, 0.15) is 37.0 Å². The van der Waals surface area contributed by atoms with Crippen LogP contribution in [-0.4, -0.2) is 48.0 Å². The number of nitrogen functional groups attached to an aromatic ring is 1. The standard InChI is InChI=1S/C23H24F2N6O4S/c1-13-6-7-14(2)31(13)21-16(22(32)30-36(33,34)20-5-3-4-18(26)29-20)9-10-17(28-21)15-8-11-19(27-12-15)35-23(24)25/h3-5,8-14,23H,6-7H2,1-2H3,(H2,26,29)(H,30,32)/t13-,14+. The SMILES string of the molecule is C[C@@H]1CC[C@H](C)N1c1nc(-c2ccc(OC(F)F)nc2)ccc1C(=O)NS(=O)(=O)c1cccc(N)n1. The molecule has 0 radical (unpaired) electrons. The summed E-state index contributed by atoms with van der Waals surface area (Å²) in [7, 11) is -4.30. The van der Waals surface area contributed by atoms with E-state index >= 15 is 0 Å². The van der Waals surface area contributed by atoms with Gasteiger partial charge in [0.1, 0.15) is 11.6 Å². The molecular formula is C23H24F2N6O4S. The van der Waals surface area contributed by atoms with Crippen molar-refractivity contribution in [3.63, 3.8) is 0 Å². The van der Waals surface area contributed by atoms with Gasteiger partial charge in [0.25, 0.3) is 15.9 Å². The summed E-state index contributed by atoms with van der Waals surface area (Å²) in [5.74, 6) is -0.827. The molecule has 3 aromatic heterocycles. The Kier molecular flexibility index (Phi) is 7.02. The van der Waals surface area contributed by atoms with Gasteiger partial charge in [-0.2, -0.15) is 17.2 Å². The number of nitrogens with zero attached hydrogens (tertiary/aromatic N) is 4. The maximum atomic E-state index is 13.2. The van der Waals surface area contributed by atoms with Crippen LogP contribution >= 0.6 is 0 Å². The third-order valence-corrected chi connectivity index (χ3v) is 7.04. The Hall–Kier alpha value is -3.87. The van der Waals surface area contributed by atoms with E-state index in [-0.39, 0.29) is 34.4 Å². The Morgan fingerprint density at radius 1 is 1.11 bits per heavy atom. The van der Waals surface area contributed by atoms with E-state index in [0.717, 1.165) is 12.8 Å². The van der Waals surface area contributed by atoms with Crippen LogP contribution in [0.3, 0.4) is 0 Å². The van der Waals surface area contributed by atoms with E-state index in [1.54, 1.807) is 0 Å². The van der Waals surface area contributed by atoms with Crippen LogP contribution in [0.2, 0.25) is 0 Å². The van der Waals surface area contributed by atoms with Crippen LogP contribution in [0.25, 0.3) is 11.3 Å². The highest BCUT2D eigenvalue weighted by Crippen LogP contribution is 2.33. The van der Waals surface area contributed by atoms with E-state index in [1.807, 2.05) is 23.5 Å². The first-order chi connectivity index (χ1) is 17.0. The number of halogens is 2. The second-order valence-corrected chi connectivity index (χ2v) is 9.98. The van der Waals surface area contributed by atoms with E-state index in [2.05, 4.69) is 19.7 Å². The average Bonchev–Trinajstić information content (AvgIpc) is 3.16. The minimum atomic E-state index is -4.30. The first-order valence-corrected chi connectivity index (χ1v) is 12.5. The zero-order valence-corrected chi connectivity index (χ0v) is 20.2. The Labute approximate surface area is 206 Å². The average molecular weight is 519 g/mol. The van der Waals surface area contributed by atoms with E-state index in [0.29, 0.717) is 17.1 Å². The van der Waals surface area contributed by atoms with Crippen molar-refractivity contribution >= 4 is 27.6 Å². The Morgan fingerprint density at radius 2 is 1.83 bits per heavy atom. The number of ether oxygens (including phenoxy) is 1. The van der Waals surface area contributed by atoms with Gasteiger partial charge in [-0.15, -0.1) is 0 Å². The van der Waals surface area contributed by atoms with Crippen molar-refractivity contribution in [2.24, 2.45) is 0 Å². The number of hydrogen-bond acceptors (Lipinski definition) is 9. The number of amides is 1. The van der Waals surface area contributed by atoms with Crippen molar-refractivity contribution < 1.29 is 26.7 Å². The molecule has 10 nitrogen and oxygen atoms in total. The molecule has 3 N–H and O–H groups in total. The molecule has 0 aliphatic carbocycles. The molecule has 4 heterocycles. The van der Waals surface area contributed by atoms with Crippen LogP contribution in [0.4, 0.5) is 20.4 Å². The first-order valence-electron chi connectivity index (χ1n) is 11.1. The number of anilines is 2. The van der Waals surface area contributed by atoms with Gasteiger partial charge in [-0.3, -0.25) is 4.79 Å². The zero-order chi connectivity index (χ0) is 26.0. The molecule has 36 heavy (non-hydrogen) atoms. The molecule has 190 valence electrons. The third-order valence-electron chi connectivity index (χ3n) is 5.81. The van der Waals surface area contributed by atoms with Crippen molar-refractivity contribution in [1.82, 2.24) is 19.7 Å². The van der Waals surface area contributed by atoms with Crippen LogP contribution in [0.15, 0.2) is 53.7 Å². The maximum Gasteiger partial charge on any atom is 0.388 e. The van der Waals surface area contributed by atoms with Crippen molar-refractivity contribution in [2.45, 2.75) is 50.4 Å². The largest absolute Gasteiger partial charge is 0.417 e. The minimum Gasteiger partial charge on any atom is -0.417 e. The van der Waals surface area contributed by atoms with Gasteiger partial charge < -0.3 is 15.4 Å². The number of pyridine rings is 3. The molecule has 0 bridgehead atoms. The number of sulfonamides is 1. The summed E-state index contributed by atoms with van der Waals surface area (Å²) in [5.41, 5.74) is 6.56. The Bertz CT molecular complexity index is 1360. The van der Waals surface area contributed by atoms with Crippen LogP contribution in [0, 0.1) is 0 Å². The van der Waals surface area contributed by atoms with Gasteiger partial charge in [0.2, 0.25) is 5.88 Å². The molecule has 0 aromatic carbocycles. The molecular weight excluding hydrogens is 494 g/mol. The molecule has 1 aliphatic rings. The quantitative estimate of drug-likeness (QED) is 0.482. The highest BCUT2D eigenvalue weighted by atomic mass is 32.2. The number of hydrogen-bond donors (Lipinski definition) is 2. The highest BCUT2D eigenvalue weighted by Gasteiger charge is 2.33. The van der Waals surface area contributed by atoms with Crippen molar-refractivity contribution in [2.75, 3.05) is 10.6 Å². The summed E-state index contributed by atoms with van der Waals surface area (Å²) in [6.45, 7) is 0.985. The number of alkyl halides is 2. The normalized spacial score (nSPS) is 17.9. The lowest BCUT2D eigenvalue weighted by atomic mass is 10.1. The summed E-state index contributed by atoms with van der Waals surface area (Å²) < 4.78 is 56.7. The second-order valence-electron chi connectivity index (χ2n) is 8.35. The van der Waals surface area contributed by atoms with Gasteiger partial charge in [-0.05, 0) is 57.0 Å². The summed E-state index contributed by atoms with van der Waals surface area (Å²) in [4.78, 5) is 27.5. The molecule has 1 amide bonds. The molecule has 2 atom stereocenters. The van der Waals surface area contributed by atoms with E-state index in [4.69, 9.17) is 5.73 Å². The smallest absolute Gasteiger partial charge is 0.388 e. The van der Waals surface area contributed by atoms with Crippen LogP contribution in [-0.2, 0) is 10.0 Å². The summed E-state index contributed by atoms with van der Waals surface area (Å²) in [6, 6.07) is 9.96. The fourth-order valence-electron chi connectivity index (χ4n) is 4.10. The fraction of sp³-hybridized carbons (Fsp3) is 0.304. The maximum absolute atomic E-state index is 13.2. The molecule has 0 saturated carbocycles. The lowest BCUT2D eigenvalue weighted by Gasteiger charge is -2.29. The molecule has 1 aliphatic heterocycles. The number of carbonyl (C=O) groups is 1. The highest BCUT2D eigenvalue weighted by molar-refractivity contribution is 7.90. The van der Waals surface area contributed by atoms with E-state index in [9.17, 15) is 22.0 Å². The third kappa shape index (κ3) is 5.35. The van der Waals surface area contributed by atoms with Crippen molar-refractivity contribution in [3.8, 4) is 17.1 Å². The lowest BCUT2D eigenvalue weighted by molar-refractivity contribution is -0.0528. The number of carbonyl (C=O) groups excluding carboxylic acids is 1. The molecule has 4 rings (SSSR count). The molecule has 3 aromatic rings. The predicted molar refractivity (Wildman–Crippen MR) is 128 cm³/mol. The van der Waals surface area contributed by atoms with Gasteiger partial charge in [0, 0.05) is 29.9 Å². The number of aromatic nitrogens is 3. The number of rotatable bonds is 7. The summed E-state index contributed by atoms with van der Waals surface area (Å²) in [6.07, 6.45) is 3.05. The molecule has 0 unspecified atom stereocenters. The topological polar surface area (TPSA) is 140 Å². The molecule has 0 spiro atoms. The number of nitrogens with one attached hydrogen (secondary N) is 1. The zero-order valence-electron chi connectivity index (χ0n) is 19.4. The number of nitrogens with two attached hydrogens (primary N) is 1. The van der Waals surface area contributed by atoms with Gasteiger partial charge in [0.05, 0.1) is 11.3 Å². The summed E-state index contributed by atoms with van der Waals surface area (Å²) in [5, 5.41) is -0.387. The minimum absolute atomic E-state index is 0.00433. The Morgan fingerprint density at radius 3 is 2.44 bits per heavy atom. The van der Waals surface area contributed by atoms with Crippen LogP contribution in [0.5, 0.6) is 5.88 Å². The predicted octanol–water partition coefficient (Wildman–Crippen LogP) is 3.22. The first kappa shape index (κ1) is 25.2. The van der Waals surface area contributed by atoms with E-state index < -0.39 is 22.5 Å². The monoisotopic (exact) mass is 518 g/mol. The van der Waals surface area contributed by atoms with Gasteiger partial charge in [-0.1, -0.05) is 6.07 Å². The second kappa shape index (κ2) is 10.0. The van der Waals surface area contributed by atoms with E-state index in [1.165, 1.54) is 48.7 Å². The molecule has 1 saturated heterocycles. The van der Waals surface area contributed by atoms with Gasteiger partial charge >= 0.3 is 6.61 Å². The lowest BCUT2D eigenvalue weighted by Crippen LogP contribution is -2.37.